The van der Waals surface area contributed by atoms with Gasteiger partial charge < -0.3 is 72.1 Å². The molecule has 0 spiro atoms. The summed E-state index contributed by atoms with van der Waals surface area (Å²) in [7, 11) is -7.76. The number of nitrogens with two attached hydrogens (primary N) is 3. The second kappa shape index (κ2) is 16.3. The van der Waals surface area contributed by atoms with Gasteiger partial charge in [0.1, 0.15) is 48.3 Å². The van der Waals surface area contributed by atoms with E-state index in [1.807, 2.05) is 0 Å². The average molecular weight is 693 g/mol. The molecule has 24 heteroatoms. The highest BCUT2D eigenvalue weighted by atomic mass is 32.3. The number of aliphatic hydroxyl groups is 6. The van der Waals surface area contributed by atoms with E-state index >= 15 is 0 Å². The van der Waals surface area contributed by atoms with Crippen LogP contribution < -0.4 is 22.5 Å². The molecule has 1 saturated carbocycles. The Morgan fingerprint density at radius 1 is 0.841 bits per heavy atom. The lowest BCUT2D eigenvalue weighted by molar-refractivity contribution is -0.319. The van der Waals surface area contributed by atoms with Crippen molar-refractivity contribution < 1.29 is 84.6 Å². The zero-order valence-corrected chi connectivity index (χ0v) is 25.4. The number of likely N-dealkylation sites (N-methyl/N-ethyl adjacent to an activating group) is 1. The van der Waals surface area contributed by atoms with Crippen LogP contribution in [-0.2, 0) is 39.7 Å². The van der Waals surface area contributed by atoms with Gasteiger partial charge in [0.15, 0.2) is 12.6 Å². The van der Waals surface area contributed by atoms with Gasteiger partial charge in [0.2, 0.25) is 0 Å². The normalized spacial score (nSPS) is 44.0. The summed E-state index contributed by atoms with van der Waals surface area (Å²) in [4.78, 5) is 0. The van der Waals surface area contributed by atoms with Gasteiger partial charge in [0.25, 0.3) is 0 Å². The topological polar surface area (TPSA) is 398 Å². The standard InChI is InChI=1S/C20H40N4O10.2H2O4S/c1-6(25)14-11(27)10(26)9(23)18(32-14)33-15-7(21)4-8(22)16(12(15)28)34-19-13(29)17(24-3)20(2,30)5-31-19;2*1-5(2,3)4/h6-19,24-30H,4-5,21-23H2,1-3H3;2*(H2,1,2,3,4)/t6-,7+,8+,9-,10-,11+,12-,13+,14?,15+,16-,17+,18+,19+,20+;;/m1../s1. The minimum Gasteiger partial charge on any atom is -0.391 e. The third kappa shape index (κ3) is 12.4. The van der Waals surface area contributed by atoms with Crippen molar-refractivity contribution in [3.63, 3.8) is 0 Å². The molecular weight excluding hydrogens is 648 g/mol. The second-order valence-electron chi connectivity index (χ2n) is 10.7. The van der Waals surface area contributed by atoms with E-state index in [-0.39, 0.29) is 13.0 Å². The van der Waals surface area contributed by atoms with Crippen LogP contribution in [0.3, 0.4) is 0 Å². The zero-order chi connectivity index (χ0) is 34.5. The third-order valence-corrected chi connectivity index (χ3v) is 6.95. The molecule has 17 N–H and O–H groups in total. The molecule has 44 heavy (non-hydrogen) atoms. The molecule has 3 rings (SSSR count). The van der Waals surface area contributed by atoms with E-state index in [1.54, 1.807) is 7.05 Å². The quantitative estimate of drug-likeness (QED) is 0.115. The second-order valence-corrected chi connectivity index (χ2v) is 12.5. The third-order valence-electron chi connectivity index (χ3n) is 6.95. The van der Waals surface area contributed by atoms with Crippen molar-refractivity contribution in [2.24, 2.45) is 17.2 Å². The molecular formula is C20H44N4O18S2. The highest BCUT2D eigenvalue weighted by Crippen LogP contribution is 2.32. The molecule has 0 aromatic rings. The van der Waals surface area contributed by atoms with E-state index in [9.17, 15) is 30.6 Å². The molecule has 2 aliphatic heterocycles. The number of ether oxygens (including phenoxy) is 4. The molecule has 0 amide bonds. The Balaban J connectivity index is 0.000000837. The molecule has 0 bridgehead atoms. The van der Waals surface area contributed by atoms with Crippen LogP contribution in [0, 0.1) is 0 Å². The van der Waals surface area contributed by atoms with Crippen molar-refractivity contribution in [2.75, 3.05) is 13.7 Å². The first kappa shape index (κ1) is 41.2. The largest absolute Gasteiger partial charge is 0.394 e. The van der Waals surface area contributed by atoms with Gasteiger partial charge in [-0.25, -0.2) is 0 Å². The highest BCUT2D eigenvalue weighted by molar-refractivity contribution is 7.80. The van der Waals surface area contributed by atoms with E-state index in [0.29, 0.717) is 0 Å². The highest BCUT2D eigenvalue weighted by Gasteiger charge is 2.52. The predicted molar refractivity (Wildman–Crippen MR) is 144 cm³/mol. The van der Waals surface area contributed by atoms with Crippen molar-refractivity contribution in [2.45, 2.75) is 111 Å². The minimum atomic E-state index is -4.67. The lowest BCUT2D eigenvalue weighted by Crippen LogP contribution is -2.69. The van der Waals surface area contributed by atoms with Gasteiger partial charge in [0.05, 0.1) is 24.8 Å². The summed E-state index contributed by atoms with van der Waals surface area (Å²) in [6, 6.07) is -3.47. The van der Waals surface area contributed by atoms with Crippen LogP contribution >= 0.6 is 0 Å². The van der Waals surface area contributed by atoms with Gasteiger partial charge in [-0.05, 0) is 27.3 Å². The average Bonchev–Trinajstić information content (AvgIpc) is 2.83. The van der Waals surface area contributed by atoms with Gasteiger partial charge in [-0.1, -0.05) is 0 Å². The number of rotatable bonds is 6. The van der Waals surface area contributed by atoms with Crippen LogP contribution in [0.15, 0.2) is 0 Å². The Bertz CT molecular complexity index is 1050. The van der Waals surface area contributed by atoms with Crippen LogP contribution in [0.25, 0.3) is 0 Å². The maximum absolute atomic E-state index is 11.1. The summed E-state index contributed by atoms with van der Waals surface area (Å²) in [5.74, 6) is 0. The molecule has 1 unspecified atom stereocenters. The molecule has 22 nitrogen and oxygen atoms in total. The summed E-state index contributed by atoms with van der Waals surface area (Å²) < 4.78 is 85.9. The lowest BCUT2D eigenvalue weighted by Gasteiger charge is -2.49. The van der Waals surface area contributed by atoms with Crippen molar-refractivity contribution in [3.8, 4) is 0 Å². The van der Waals surface area contributed by atoms with E-state index in [0.717, 1.165) is 0 Å². The Morgan fingerprint density at radius 2 is 1.27 bits per heavy atom. The van der Waals surface area contributed by atoms with Crippen molar-refractivity contribution in [1.29, 1.82) is 0 Å². The van der Waals surface area contributed by atoms with Crippen LogP contribution in [-0.4, -0.2) is 171 Å². The van der Waals surface area contributed by atoms with Crippen molar-refractivity contribution >= 4 is 20.8 Å². The number of nitrogens with one attached hydrogen (secondary N) is 1. The Hall–Kier alpha value is -0.820. The fraction of sp³-hybridized carbons (Fsp3) is 1.00. The minimum absolute atomic E-state index is 0.135. The van der Waals surface area contributed by atoms with Crippen LogP contribution in [0.5, 0.6) is 0 Å². The van der Waals surface area contributed by atoms with Crippen molar-refractivity contribution in [3.05, 3.63) is 0 Å². The van der Waals surface area contributed by atoms with E-state index < -0.39 is 112 Å². The monoisotopic (exact) mass is 692 g/mol. The summed E-state index contributed by atoms with van der Waals surface area (Å²) in [6.07, 6.45) is -12.4. The predicted octanol–water partition coefficient (Wildman–Crippen LogP) is -6.92. The summed E-state index contributed by atoms with van der Waals surface area (Å²) in [6.45, 7) is 2.75. The number of hydrogen-bond donors (Lipinski definition) is 14. The molecule has 2 saturated heterocycles. The SMILES string of the molecule is CN[C@H]1[C@H](O)[C@H](O[C@H]2[C@H](O)[C@@H](O[C@@H]3OC([C@@H](C)O)[C@@H](O)[C@H](O)[C@H]3N)[C@@H](N)C[C@@H]2N)OC[C@]1(C)O.O=S(=O)(O)O.O=S(=O)(O)O. The molecule has 0 radical (unpaired) electrons. The van der Waals surface area contributed by atoms with E-state index in [1.165, 1.54) is 13.8 Å². The fourth-order valence-corrected chi connectivity index (χ4v) is 4.95. The first-order valence-electron chi connectivity index (χ1n) is 12.8. The van der Waals surface area contributed by atoms with Gasteiger partial charge in [0, 0.05) is 12.1 Å². The maximum Gasteiger partial charge on any atom is 0.394 e. The summed E-state index contributed by atoms with van der Waals surface area (Å²) >= 11 is 0. The molecule has 1 aliphatic carbocycles. The van der Waals surface area contributed by atoms with Crippen molar-refractivity contribution in [1.82, 2.24) is 5.32 Å². The molecule has 3 fully saturated rings. The van der Waals surface area contributed by atoms with Gasteiger partial charge in [-0.15, -0.1) is 0 Å². The molecule has 0 aromatic heterocycles. The van der Waals surface area contributed by atoms with Crippen LogP contribution in [0.4, 0.5) is 0 Å². The molecule has 2 heterocycles. The molecule has 15 atom stereocenters. The van der Waals surface area contributed by atoms with Gasteiger partial charge in [-0.3, -0.25) is 18.2 Å². The summed E-state index contributed by atoms with van der Waals surface area (Å²) in [5, 5.41) is 65.2. The molecule has 0 aromatic carbocycles. The number of hydrogen-bond acceptors (Lipinski definition) is 18. The Kier molecular flexibility index (Phi) is 15.3. The van der Waals surface area contributed by atoms with Crippen LogP contribution in [0.1, 0.15) is 20.3 Å². The first-order chi connectivity index (χ1) is 19.8. The first-order valence-corrected chi connectivity index (χ1v) is 15.6. The van der Waals surface area contributed by atoms with Gasteiger partial charge >= 0.3 is 20.8 Å². The molecule has 264 valence electrons. The Morgan fingerprint density at radius 3 is 1.68 bits per heavy atom. The van der Waals surface area contributed by atoms with E-state index in [4.69, 9.17) is 71.2 Å². The summed E-state index contributed by atoms with van der Waals surface area (Å²) in [5.41, 5.74) is 17.0. The fourth-order valence-electron chi connectivity index (χ4n) is 4.95. The smallest absolute Gasteiger partial charge is 0.391 e. The number of aliphatic hydroxyl groups excluding tert-OH is 5. The van der Waals surface area contributed by atoms with Gasteiger partial charge in [-0.2, -0.15) is 16.8 Å². The zero-order valence-electron chi connectivity index (χ0n) is 23.8. The Labute approximate surface area is 253 Å². The van der Waals surface area contributed by atoms with Crippen LogP contribution in [0.2, 0.25) is 0 Å². The maximum atomic E-state index is 11.1. The van der Waals surface area contributed by atoms with E-state index in [2.05, 4.69) is 5.32 Å². The molecule has 3 aliphatic rings. The lowest BCUT2D eigenvalue weighted by atomic mass is 9.84.